The Hall–Kier alpha value is -1.28. The van der Waals surface area contributed by atoms with Crippen molar-refractivity contribution in [2.75, 3.05) is 6.54 Å². The fraction of sp³-hybridized carbons (Fsp3) is 0.500. The van der Waals surface area contributed by atoms with Crippen LogP contribution in [0.2, 0.25) is 0 Å². The van der Waals surface area contributed by atoms with Gasteiger partial charge in [0, 0.05) is 0 Å². The maximum atomic E-state index is 5.65. The molecule has 1 aromatic rings. The minimum atomic E-state index is 0.216. The van der Waals surface area contributed by atoms with Gasteiger partial charge in [-0.1, -0.05) is 32.1 Å². The molecule has 0 aromatic heterocycles. The van der Waals surface area contributed by atoms with Gasteiger partial charge < -0.3 is 10.5 Å². The fourth-order valence-corrected chi connectivity index (χ4v) is 1.92. The summed E-state index contributed by atoms with van der Waals surface area (Å²) >= 11 is 0. The number of hydrogen-bond acceptors (Lipinski definition) is 2. The molecule has 0 radical (unpaired) electrons. The molecule has 100 valence electrons. The number of rotatable bonds is 6. The zero-order chi connectivity index (χ0) is 13.5. The minimum absolute atomic E-state index is 0.216. The molecule has 0 heterocycles. The van der Waals surface area contributed by atoms with Crippen LogP contribution in [0.15, 0.2) is 30.3 Å². The highest BCUT2D eigenvalue weighted by atomic mass is 16.5. The van der Waals surface area contributed by atoms with Crippen LogP contribution < -0.4 is 10.5 Å². The molecule has 0 amide bonds. The van der Waals surface area contributed by atoms with Crippen LogP contribution in [-0.4, -0.2) is 12.6 Å². The third-order valence-corrected chi connectivity index (χ3v) is 2.71. The van der Waals surface area contributed by atoms with Gasteiger partial charge in [0.25, 0.3) is 0 Å². The summed E-state index contributed by atoms with van der Waals surface area (Å²) < 4.78 is 5.65. The molecule has 1 rings (SSSR count). The van der Waals surface area contributed by atoms with Crippen molar-refractivity contribution >= 4 is 5.57 Å². The van der Waals surface area contributed by atoms with Crippen LogP contribution in [0, 0.1) is 5.92 Å². The summed E-state index contributed by atoms with van der Waals surface area (Å²) in [4.78, 5) is 0. The van der Waals surface area contributed by atoms with E-state index in [4.69, 9.17) is 10.5 Å². The Labute approximate surface area is 111 Å². The van der Waals surface area contributed by atoms with Gasteiger partial charge in [-0.2, -0.15) is 0 Å². The van der Waals surface area contributed by atoms with Crippen molar-refractivity contribution in [3.63, 3.8) is 0 Å². The van der Waals surface area contributed by atoms with Gasteiger partial charge in [-0.3, -0.25) is 0 Å². The van der Waals surface area contributed by atoms with Gasteiger partial charge in [-0.15, -0.1) is 0 Å². The molecule has 2 heteroatoms. The van der Waals surface area contributed by atoms with Crippen molar-refractivity contribution < 1.29 is 4.74 Å². The molecular formula is C16H25NO. The van der Waals surface area contributed by atoms with Gasteiger partial charge in [0.15, 0.2) is 0 Å². The quantitative estimate of drug-likeness (QED) is 0.828. The molecule has 1 aromatic carbocycles. The van der Waals surface area contributed by atoms with Gasteiger partial charge in [0.05, 0.1) is 6.10 Å². The van der Waals surface area contributed by atoms with Gasteiger partial charge in [0.1, 0.15) is 5.75 Å². The highest BCUT2D eigenvalue weighted by Gasteiger charge is 2.06. The van der Waals surface area contributed by atoms with Crippen molar-refractivity contribution in [1.29, 1.82) is 0 Å². The van der Waals surface area contributed by atoms with Crippen molar-refractivity contribution in [2.45, 2.75) is 40.2 Å². The normalized spacial score (nSPS) is 12.3. The second-order valence-electron chi connectivity index (χ2n) is 5.08. The van der Waals surface area contributed by atoms with Crippen molar-refractivity contribution in [3.05, 3.63) is 35.9 Å². The molecule has 0 saturated carbocycles. The monoisotopic (exact) mass is 247 g/mol. The number of allylic oxidation sites excluding steroid dienone is 1. The Morgan fingerprint density at radius 2 is 1.78 bits per heavy atom. The molecule has 0 fully saturated rings. The predicted octanol–water partition coefficient (Wildman–Crippen LogP) is 3.86. The first-order valence-corrected chi connectivity index (χ1v) is 6.71. The summed E-state index contributed by atoms with van der Waals surface area (Å²) in [5, 5.41) is 0. The lowest BCUT2D eigenvalue weighted by molar-refractivity contribution is 0.242. The first kappa shape index (κ1) is 14.8. The van der Waals surface area contributed by atoms with E-state index in [1.165, 1.54) is 11.1 Å². The predicted molar refractivity (Wildman–Crippen MR) is 78.7 cm³/mol. The molecule has 0 spiro atoms. The smallest absolute Gasteiger partial charge is 0.119 e. The fourth-order valence-electron chi connectivity index (χ4n) is 1.92. The number of hydrogen-bond donors (Lipinski definition) is 1. The SMILES string of the molecule is CC(C)Oc1ccc(/C(=C/CCN)C(C)C)cc1. The molecule has 0 atom stereocenters. The highest BCUT2D eigenvalue weighted by molar-refractivity contribution is 5.67. The lowest BCUT2D eigenvalue weighted by Gasteiger charge is -2.14. The zero-order valence-electron chi connectivity index (χ0n) is 11.9. The lowest BCUT2D eigenvalue weighted by atomic mass is 9.94. The number of ether oxygens (including phenoxy) is 1. The van der Waals surface area contributed by atoms with Gasteiger partial charge in [-0.25, -0.2) is 0 Å². The summed E-state index contributed by atoms with van der Waals surface area (Å²) in [6.45, 7) is 9.19. The average Bonchev–Trinajstić information content (AvgIpc) is 2.30. The second-order valence-corrected chi connectivity index (χ2v) is 5.08. The second kappa shape index (κ2) is 7.22. The molecule has 2 nitrogen and oxygen atoms in total. The van der Waals surface area contributed by atoms with Crippen LogP contribution in [0.3, 0.4) is 0 Å². The van der Waals surface area contributed by atoms with Gasteiger partial charge >= 0.3 is 0 Å². The topological polar surface area (TPSA) is 35.2 Å². The summed E-state index contributed by atoms with van der Waals surface area (Å²) in [7, 11) is 0. The van der Waals surface area contributed by atoms with Crippen LogP contribution in [0.4, 0.5) is 0 Å². The molecule has 0 unspecified atom stereocenters. The molecule has 2 N–H and O–H groups in total. The third kappa shape index (κ3) is 4.53. The standard InChI is InChI=1S/C16H25NO/c1-12(2)16(6-5-11-17)14-7-9-15(10-8-14)18-13(3)4/h6-10,12-13H,5,11,17H2,1-4H3/b16-6+. The Morgan fingerprint density at radius 3 is 2.22 bits per heavy atom. The summed E-state index contributed by atoms with van der Waals surface area (Å²) in [5.41, 5.74) is 8.19. The first-order valence-electron chi connectivity index (χ1n) is 6.71. The van der Waals surface area contributed by atoms with Crippen LogP contribution in [0.1, 0.15) is 39.7 Å². The van der Waals surface area contributed by atoms with Crippen molar-refractivity contribution in [2.24, 2.45) is 11.7 Å². The van der Waals surface area contributed by atoms with E-state index in [1.807, 2.05) is 26.0 Å². The van der Waals surface area contributed by atoms with E-state index >= 15 is 0 Å². The lowest BCUT2D eigenvalue weighted by Crippen LogP contribution is -2.05. The molecule has 0 saturated heterocycles. The van der Waals surface area contributed by atoms with E-state index in [2.05, 4.69) is 32.1 Å². The molecule has 18 heavy (non-hydrogen) atoms. The Bertz CT molecular complexity index is 377. The molecule has 0 aliphatic carbocycles. The van der Waals surface area contributed by atoms with Crippen molar-refractivity contribution in [3.8, 4) is 5.75 Å². The largest absolute Gasteiger partial charge is 0.491 e. The molecule has 0 aliphatic heterocycles. The Balaban J connectivity index is 2.87. The Morgan fingerprint density at radius 1 is 1.17 bits per heavy atom. The van der Waals surface area contributed by atoms with E-state index in [0.717, 1.165) is 12.2 Å². The first-order chi connectivity index (χ1) is 8.54. The summed E-state index contributed by atoms with van der Waals surface area (Å²) in [6, 6.07) is 8.32. The van der Waals surface area contributed by atoms with Crippen LogP contribution >= 0.6 is 0 Å². The molecular weight excluding hydrogens is 222 g/mol. The zero-order valence-corrected chi connectivity index (χ0v) is 11.9. The minimum Gasteiger partial charge on any atom is -0.491 e. The van der Waals surface area contributed by atoms with Crippen LogP contribution in [0.25, 0.3) is 5.57 Å². The Kier molecular flexibility index (Phi) is 5.93. The van der Waals surface area contributed by atoms with E-state index in [-0.39, 0.29) is 6.10 Å². The highest BCUT2D eigenvalue weighted by Crippen LogP contribution is 2.25. The van der Waals surface area contributed by atoms with E-state index in [1.54, 1.807) is 0 Å². The van der Waals surface area contributed by atoms with Gasteiger partial charge in [0.2, 0.25) is 0 Å². The van der Waals surface area contributed by atoms with E-state index in [9.17, 15) is 0 Å². The summed E-state index contributed by atoms with van der Waals surface area (Å²) in [6.07, 6.45) is 3.38. The number of benzene rings is 1. The number of nitrogens with two attached hydrogens (primary N) is 1. The van der Waals surface area contributed by atoms with E-state index < -0.39 is 0 Å². The van der Waals surface area contributed by atoms with Crippen LogP contribution in [0.5, 0.6) is 5.75 Å². The molecule has 0 bridgehead atoms. The summed E-state index contributed by atoms with van der Waals surface area (Å²) in [5.74, 6) is 1.43. The average molecular weight is 247 g/mol. The van der Waals surface area contributed by atoms with Crippen molar-refractivity contribution in [1.82, 2.24) is 0 Å². The molecule has 0 aliphatic rings. The van der Waals surface area contributed by atoms with E-state index in [0.29, 0.717) is 12.5 Å². The third-order valence-electron chi connectivity index (χ3n) is 2.71. The van der Waals surface area contributed by atoms with Gasteiger partial charge in [-0.05, 0) is 56.0 Å². The maximum Gasteiger partial charge on any atom is 0.119 e. The van der Waals surface area contributed by atoms with Crippen LogP contribution in [-0.2, 0) is 0 Å². The maximum absolute atomic E-state index is 5.65.